The van der Waals surface area contributed by atoms with Gasteiger partial charge in [0, 0.05) is 24.2 Å². The minimum Gasteiger partial charge on any atom is -0.313 e. The van der Waals surface area contributed by atoms with E-state index in [1.165, 1.54) is 19.3 Å². The third-order valence-electron chi connectivity index (χ3n) is 2.78. The predicted molar refractivity (Wildman–Crippen MR) is 67.6 cm³/mol. The van der Waals surface area contributed by atoms with Gasteiger partial charge < -0.3 is 5.32 Å². The predicted octanol–water partition coefficient (Wildman–Crippen LogP) is 2.35. The zero-order valence-corrected chi connectivity index (χ0v) is 10.5. The van der Waals surface area contributed by atoms with Gasteiger partial charge in [0.1, 0.15) is 0 Å². The molecule has 0 aliphatic heterocycles. The molecule has 1 unspecified atom stereocenters. The minimum atomic E-state index is 0.647. The summed E-state index contributed by atoms with van der Waals surface area (Å²) in [7, 11) is 0. The molecule has 1 saturated carbocycles. The van der Waals surface area contributed by atoms with E-state index < -0.39 is 0 Å². The normalized spacial score (nSPS) is 17.3. The summed E-state index contributed by atoms with van der Waals surface area (Å²) >= 11 is 1.76. The first-order chi connectivity index (χ1) is 7.90. The molecule has 0 bridgehead atoms. The molecule has 1 aromatic heterocycles. The van der Waals surface area contributed by atoms with Crippen molar-refractivity contribution in [3.63, 3.8) is 0 Å². The molecular weight excluding hydrogens is 218 g/mol. The maximum Gasteiger partial charge on any atom is 0.187 e. The topological polar surface area (TPSA) is 37.8 Å². The summed E-state index contributed by atoms with van der Waals surface area (Å²) in [5, 5.41) is 4.52. The first-order valence-corrected chi connectivity index (χ1v) is 7.02. The van der Waals surface area contributed by atoms with Crippen LogP contribution in [0.15, 0.2) is 23.6 Å². The number of hydrogen-bond acceptors (Lipinski definition) is 4. The van der Waals surface area contributed by atoms with Crippen molar-refractivity contribution in [2.24, 2.45) is 5.92 Å². The molecule has 1 aromatic rings. The molecule has 1 atom stereocenters. The Morgan fingerprint density at radius 2 is 2.19 bits per heavy atom. The molecule has 3 nitrogen and oxygen atoms in total. The van der Waals surface area contributed by atoms with Crippen LogP contribution in [0.3, 0.4) is 0 Å². The van der Waals surface area contributed by atoms with Gasteiger partial charge in [-0.1, -0.05) is 18.7 Å². The molecule has 1 aliphatic rings. The molecule has 1 aliphatic carbocycles. The third-order valence-corrected chi connectivity index (χ3v) is 3.78. The Bertz CT molecular complexity index is 300. The molecule has 2 rings (SSSR count). The van der Waals surface area contributed by atoms with E-state index in [9.17, 15) is 0 Å². The Morgan fingerprint density at radius 1 is 1.44 bits per heavy atom. The lowest BCUT2D eigenvalue weighted by atomic mass is 10.2. The van der Waals surface area contributed by atoms with Crippen LogP contribution >= 0.6 is 11.8 Å². The number of nitrogens with one attached hydrogen (secondary N) is 1. The van der Waals surface area contributed by atoms with Crippen LogP contribution in [0.5, 0.6) is 0 Å². The summed E-state index contributed by atoms with van der Waals surface area (Å²) in [6, 6.07) is 2.51. The zero-order chi connectivity index (χ0) is 11.2. The van der Waals surface area contributed by atoms with Crippen molar-refractivity contribution in [1.82, 2.24) is 15.3 Å². The Kier molecular flexibility index (Phi) is 4.60. The molecule has 0 aromatic carbocycles. The first kappa shape index (κ1) is 11.9. The fourth-order valence-electron chi connectivity index (χ4n) is 1.71. The molecule has 1 N–H and O–H groups in total. The molecule has 88 valence electrons. The van der Waals surface area contributed by atoms with Crippen LogP contribution in [0, 0.1) is 5.92 Å². The largest absolute Gasteiger partial charge is 0.313 e. The molecule has 0 amide bonds. The summed E-state index contributed by atoms with van der Waals surface area (Å²) in [5.74, 6) is 1.98. The SMILES string of the molecule is CCCNC(CSc1ncccn1)C1CC1. The van der Waals surface area contributed by atoms with E-state index in [2.05, 4.69) is 22.2 Å². The van der Waals surface area contributed by atoms with E-state index in [1.54, 1.807) is 24.2 Å². The first-order valence-electron chi connectivity index (χ1n) is 6.03. The van der Waals surface area contributed by atoms with Crippen molar-refractivity contribution in [2.75, 3.05) is 12.3 Å². The smallest absolute Gasteiger partial charge is 0.187 e. The average Bonchev–Trinajstić information content (AvgIpc) is 3.15. The van der Waals surface area contributed by atoms with Gasteiger partial charge in [0.2, 0.25) is 0 Å². The molecule has 0 saturated heterocycles. The van der Waals surface area contributed by atoms with Crippen LogP contribution in [0.25, 0.3) is 0 Å². The van der Waals surface area contributed by atoms with Crippen molar-refractivity contribution in [1.29, 1.82) is 0 Å². The summed E-state index contributed by atoms with van der Waals surface area (Å²) in [5.41, 5.74) is 0. The fraction of sp³-hybridized carbons (Fsp3) is 0.667. The van der Waals surface area contributed by atoms with Gasteiger partial charge >= 0.3 is 0 Å². The number of thioether (sulfide) groups is 1. The van der Waals surface area contributed by atoms with E-state index in [1.807, 2.05) is 6.07 Å². The maximum atomic E-state index is 4.23. The molecule has 0 radical (unpaired) electrons. The van der Waals surface area contributed by atoms with Crippen LogP contribution in [0.4, 0.5) is 0 Å². The molecule has 1 fully saturated rings. The zero-order valence-electron chi connectivity index (χ0n) is 9.72. The molecule has 4 heteroatoms. The molecule has 16 heavy (non-hydrogen) atoms. The summed E-state index contributed by atoms with van der Waals surface area (Å²) in [6.45, 7) is 3.34. The van der Waals surface area contributed by atoms with E-state index >= 15 is 0 Å². The number of aromatic nitrogens is 2. The maximum absolute atomic E-state index is 4.23. The second-order valence-corrected chi connectivity index (χ2v) is 5.23. The van der Waals surface area contributed by atoms with Gasteiger partial charge in [-0.2, -0.15) is 0 Å². The highest BCUT2D eigenvalue weighted by Gasteiger charge is 2.30. The molecular formula is C12H19N3S. The van der Waals surface area contributed by atoms with E-state index in [-0.39, 0.29) is 0 Å². The molecule has 1 heterocycles. The molecule has 0 spiro atoms. The van der Waals surface area contributed by atoms with Gasteiger partial charge in [0.15, 0.2) is 5.16 Å². The van der Waals surface area contributed by atoms with Gasteiger partial charge in [0.25, 0.3) is 0 Å². The van der Waals surface area contributed by atoms with Crippen molar-refractivity contribution in [2.45, 2.75) is 37.4 Å². The van der Waals surface area contributed by atoms with Crippen LogP contribution in [0.2, 0.25) is 0 Å². The van der Waals surface area contributed by atoms with Crippen molar-refractivity contribution in [3.8, 4) is 0 Å². The van der Waals surface area contributed by atoms with Crippen molar-refractivity contribution in [3.05, 3.63) is 18.5 Å². The lowest BCUT2D eigenvalue weighted by molar-refractivity contribution is 0.503. The Morgan fingerprint density at radius 3 is 2.81 bits per heavy atom. The van der Waals surface area contributed by atoms with Crippen LogP contribution in [-0.2, 0) is 0 Å². The Balaban J connectivity index is 1.77. The highest BCUT2D eigenvalue weighted by atomic mass is 32.2. The summed E-state index contributed by atoms with van der Waals surface area (Å²) in [6.07, 6.45) is 7.59. The van der Waals surface area contributed by atoms with E-state index in [0.29, 0.717) is 6.04 Å². The number of nitrogens with zero attached hydrogens (tertiary/aromatic N) is 2. The second-order valence-electron chi connectivity index (χ2n) is 4.24. The minimum absolute atomic E-state index is 0.647. The van der Waals surface area contributed by atoms with Crippen LogP contribution < -0.4 is 5.32 Å². The van der Waals surface area contributed by atoms with Gasteiger partial charge in [-0.25, -0.2) is 9.97 Å². The fourth-order valence-corrected chi connectivity index (χ4v) is 2.70. The van der Waals surface area contributed by atoms with Gasteiger partial charge in [-0.3, -0.25) is 0 Å². The highest BCUT2D eigenvalue weighted by molar-refractivity contribution is 7.99. The van der Waals surface area contributed by atoms with Crippen LogP contribution in [0.1, 0.15) is 26.2 Å². The number of rotatable bonds is 7. The second kappa shape index (κ2) is 6.21. The van der Waals surface area contributed by atoms with Crippen molar-refractivity contribution < 1.29 is 0 Å². The average molecular weight is 237 g/mol. The highest BCUT2D eigenvalue weighted by Crippen LogP contribution is 2.34. The third kappa shape index (κ3) is 3.76. The summed E-state index contributed by atoms with van der Waals surface area (Å²) < 4.78 is 0. The van der Waals surface area contributed by atoms with Crippen molar-refractivity contribution >= 4 is 11.8 Å². The van der Waals surface area contributed by atoms with E-state index in [0.717, 1.165) is 23.4 Å². The van der Waals surface area contributed by atoms with E-state index in [4.69, 9.17) is 0 Å². The lowest BCUT2D eigenvalue weighted by Crippen LogP contribution is -2.33. The monoisotopic (exact) mass is 237 g/mol. The van der Waals surface area contributed by atoms with Gasteiger partial charge in [0.05, 0.1) is 0 Å². The van der Waals surface area contributed by atoms with Gasteiger partial charge in [-0.05, 0) is 37.8 Å². The standard InChI is InChI=1S/C12H19N3S/c1-2-6-13-11(10-4-5-10)9-16-12-14-7-3-8-15-12/h3,7-8,10-11,13H,2,4-6,9H2,1H3. The Labute approximate surface area is 101 Å². The summed E-state index contributed by atoms with van der Waals surface area (Å²) in [4.78, 5) is 8.47. The lowest BCUT2D eigenvalue weighted by Gasteiger charge is -2.16. The van der Waals surface area contributed by atoms with Gasteiger partial charge in [-0.15, -0.1) is 0 Å². The number of hydrogen-bond donors (Lipinski definition) is 1. The quantitative estimate of drug-likeness (QED) is 0.583. The van der Waals surface area contributed by atoms with Crippen LogP contribution in [-0.4, -0.2) is 28.3 Å². The Hall–Kier alpha value is -0.610.